The topological polar surface area (TPSA) is 95.6 Å². The molecule has 7 nitrogen and oxygen atoms in total. The van der Waals surface area contributed by atoms with Gasteiger partial charge in [-0.2, -0.15) is 4.31 Å². The number of rotatable bonds is 10. The van der Waals surface area contributed by atoms with Gasteiger partial charge in [-0.1, -0.05) is 13.8 Å². The number of hydrogen-bond donors (Lipinski definition) is 2. The number of carbonyl (C=O) groups excluding carboxylic acids is 2. The van der Waals surface area contributed by atoms with Crippen molar-refractivity contribution in [3.05, 3.63) is 30.1 Å². The molecule has 0 aliphatic carbocycles. The summed E-state index contributed by atoms with van der Waals surface area (Å²) in [5, 5.41) is 5.36. The normalized spacial score (nSPS) is 13.9. The summed E-state index contributed by atoms with van der Waals surface area (Å²) in [6.07, 6.45) is 1.37. The number of halogens is 1. The van der Waals surface area contributed by atoms with Crippen molar-refractivity contribution >= 4 is 21.8 Å². The van der Waals surface area contributed by atoms with E-state index in [0.717, 1.165) is 28.6 Å². The van der Waals surface area contributed by atoms with E-state index in [1.165, 1.54) is 0 Å². The molecule has 0 aliphatic heterocycles. The zero-order chi connectivity index (χ0) is 20.6. The lowest BCUT2D eigenvalue weighted by atomic mass is 10.2. The molecule has 27 heavy (non-hydrogen) atoms. The monoisotopic (exact) mass is 401 g/mol. The van der Waals surface area contributed by atoms with Crippen LogP contribution in [0.1, 0.15) is 40.5 Å². The van der Waals surface area contributed by atoms with E-state index in [2.05, 4.69) is 10.6 Å². The predicted molar refractivity (Wildman–Crippen MR) is 101 cm³/mol. The summed E-state index contributed by atoms with van der Waals surface area (Å²) in [6, 6.07) is 4.00. The quantitative estimate of drug-likeness (QED) is 0.623. The molecule has 0 fully saturated rings. The van der Waals surface area contributed by atoms with Crippen molar-refractivity contribution in [2.45, 2.75) is 57.5 Å². The highest BCUT2D eigenvalue weighted by molar-refractivity contribution is 7.89. The van der Waals surface area contributed by atoms with Crippen molar-refractivity contribution in [2.24, 2.45) is 0 Å². The van der Waals surface area contributed by atoms with E-state index in [1.807, 2.05) is 13.8 Å². The molecular formula is C18H28FN3O4S. The van der Waals surface area contributed by atoms with Gasteiger partial charge in [-0.05, 0) is 51.0 Å². The third kappa shape index (κ3) is 7.26. The molecule has 0 aliphatic rings. The van der Waals surface area contributed by atoms with Gasteiger partial charge in [-0.3, -0.25) is 9.59 Å². The zero-order valence-corrected chi connectivity index (χ0v) is 17.0. The van der Waals surface area contributed by atoms with Gasteiger partial charge in [-0.25, -0.2) is 12.8 Å². The largest absolute Gasteiger partial charge is 0.353 e. The van der Waals surface area contributed by atoms with Crippen LogP contribution in [-0.2, 0) is 19.6 Å². The van der Waals surface area contributed by atoms with Crippen molar-refractivity contribution < 1.29 is 22.4 Å². The van der Waals surface area contributed by atoms with Crippen molar-refractivity contribution in [1.29, 1.82) is 0 Å². The second kappa shape index (κ2) is 10.4. The van der Waals surface area contributed by atoms with Crippen LogP contribution in [0.15, 0.2) is 29.2 Å². The maximum Gasteiger partial charge on any atom is 0.244 e. The molecule has 0 spiro atoms. The summed E-state index contributed by atoms with van der Waals surface area (Å²) in [7, 11) is -4.15. The molecule has 0 radical (unpaired) electrons. The molecule has 0 saturated carbocycles. The molecule has 0 heterocycles. The van der Waals surface area contributed by atoms with Gasteiger partial charge in [0.1, 0.15) is 5.82 Å². The van der Waals surface area contributed by atoms with Gasteiger partial charge in [0.2, 0.25) is 21.8 Å². The number of hydrogen-bond acceptors (Lipinski definition) is 4. The zero-order valence-electron chi connectivity index (χ0n) is 16.2. The van der Waals surface area contributed by atoms with E-state index >= 15 is 0 Å². The Kier molecular flexibility index (Phi) is 8.84. The molecule has 0 unspecified atom stereocenters. The maximum atomic E-state index is 13.1. The number of benzene rings is 1. The Hall–Kier alpha value is -2.00. The van der Waals surface area contributed by atoms with Gasteiger partial charge in [-0.15, -0.1) is 0 Å². The van der Waals surface area contributed by atoms with E-state index in [-0.39, 0.29) is 17.0 Å². The molecule has 2 N–H and O–H groups in total. The molecule has 0 saturated heterocycles. The Bertz CT molecular complexity index is 711. The first-order valence-electron chi connectivity index (χ1n) is 8.94. The third-order valence-corrected chi connectivity index (χ3v) is 5.94. The Labute approximate surface area is 160 Å². The van der Waals surface area contributed by atoms with Crippen LogP contribution < -0.4 is 10.6 Å². The molecule has 2 amide bonds. The Morgan fingerprint density at radius 3 is 1.74 bits per heavy atom. The average molecular weight is 402 g/mol. The molecule has 9 heteroatoms. The van der Waals surface area contributed by atoms with Crippen LogP contribution in [-0.4, -0.2) is 49.7 Å². The SMILES string of the molecule is CC[C@@H](C)NC(=O)CN(CC(=O)N[C@@H](C)CC)S(=O)(=O)c1ccc(F)cc1. The lowest BCUT2D eigenvalue weighted by Gasteiger charge is -2.23. The Balaban J connectivity index is 3.06. The van der Waals surface area contributed by atoms with E-state index in [4.69, 9.17) is 0 Å². The number of carbonyl (C=O) groups is 2. The van der Waals surface area contributed by atoms with Gasteiger partial charge in [0.05, 0.1) is 18.0 Å². The van der Waals surface area contributed by atoms with Crippen LogP contribution in [0.5, 0.6) is 0 Å². The fourth-order valence-corrected chi connectivity index (χ4v) is 3.50. The highest BCUT2D eigenvalue weighted by Crippen LogP contribution is 2.16. The molecule has 152 valence electrons. The van der Waals surface area contributed by atoms with Crippen LogP contribution >= 0.6 is 0 Å². The van der Waals surface area contributed by atoms with Crippen LogP contribution in [0.2, 0.25) is 0 Å². The third-order valence-electron chi connectivity index (χ3n) is 4.13. The summed E-state index contributed by atoms with van der Waals surface area (Å²) < 4.78 is 39.7. The summed E-state index contributed by atoms with van der Waals surface area (Å²) in [4.78, 5) is 24.2. The smallest absolute Gasteiger partial charge is 0.244 e. The molecule has 1 aromatic rings. The van der Waals surface area contributed by atoms with Crippen LogP contribution in [0, 0.1) is 5.82 Å². The molecule has 1 rings (SSSR count). The summed E-state index contributed by atoms with van der Waals surface area (Å²) in [5.41, 5.74) is 0. The maximum absolute atomic E-state index is 13.1. The fraction of sp³-hybridized carbons (Fsp3) is 0.556. The standard InChI is InChI=1S/C18H28FN3O4S/c1-5-13(3)20-17(23)11-22(12-18(24)21-14(4)6-2)27(25,26)16-9-7-15(19)8-10-16/h7-10,13-14H,5-6,11-12H2,1-4H3,(H,20,23)(H,21,24)/t13-,14+. The summed E-state index contributed by atoms with van der Waals surface area (Å²) in [5.74, 6) is -1.60. The summed E-state index contributed by atoms with van der Waals surface area (Å²) in [6.45, 7) is 6.36. The van der Waals surface area contributed by atoms with Gasteiger partial charge in [0.15, 0.2) is 0 Å². The van der Waals surface area contributed by atoms with Crippen molar-refractivity contribution in [2.75, 3.05) is 13.1 Å². The number of sulfonamides is 1. The Morgan fingerprint density at radius 1 is 0.963 bits per heavy atom. The van der Waals surface area contributed by atoms with E-state index in [1.54, 1.807) is 13.8 Å². The Morgan fingerprint density at radius 2 is 1.37 bits per heavy atom. The van der Waals surface area contributed by atoms with Crippen LogP contribution in [0.25, 0.3) is 0 Å². The molecule has 0 bridgehead atoms. The summed E-state index contributed by atoms with van der Waals surface area (Å²) >= 11 is 0. The lowest BCUT2D eigenvalue weighted by molar-refractivity contribution is -0.124. The van der Waals surface area contributed by atoms with Crippen molar-refractivity contribution in [1.82, 2.24) is 14.9 Å². The highest BCUT2D eigenvalue weighted by atomic mass is 32.2. The van der Waals surface area contributed by atoms with Gasteiger partial charge in [0.25, 0.3) is 0 Å². The van der Waals surface area contributed by atoms with Gasteiger partial charge in [0, 0.05) is 12.1 Å². The lowest BCUT2D eigenvalue weighted by Crippen LogP contribution is -2.48. The molecule has 0 aromatic heterocycles. The fourth-order valence-electron chi connectivity index (χ4n) is 2.15. The minimum Gasteiger partial charge on any atom is -0.353 e. The van der Waals surface area contributed by atoms with Gasteiger partial charge >= 0.3 is 0 Å². The highest BCUT2D eigenvalue weighted by Gasteiger charge is 2.29. The molecule has 2 atom stereocenters. The number of nitrogens with one attached hydrogen (secondary N) is 2. The predicted octanol–water partition coefficient (Wildman–Crippen LogP) is 1.65. The van der Waals surface area contributed by atoms with E-state index < -0.39 is 40.7 Å². The second-order valence-electron chi connectivity index (χ2n) is 6.48. The van der Waals surface area contributed by atoms with Crippen molar-refractivity contribution in [3.63, 3.8) is 0 Å². The van der Waals surface area contributed by atoms with E-state index in [0.29, 0.717) is 12.8 Å². The van der Waals surface area contributed by atoms with Crippen LogP contribution in [0.4, 0.5) is 4.39 Å². The minimum absolute atomic E-state index is 0.123. The molecular weight excluding hydrogens is 373 g/mol. The minimum atomic E-state index is -4.15. The van der Waals surface area contributed by atoms with Crippen molar-refractivity contribution in [3.8, 4) is 0 Å². The van der Waals surface area contributed by atoms with E-state index in [9.17, 15) is 22.4 Å². The van der Waals surface area contributed by atoms with Crippen LogP contribution in [0.3, 0.4) is 0 Å². The number of nitrogens with zero attached hydrogens (tertiary/aromatic N) is 1. The second-order valence-corrected chi connectivity index (χ2v) is 8.42. The number of amides is 2. The first-order chi connectivity index (χ1) is 12.6. The van der Waals surface area contributed by atoms with Gasteiger partial charge < -0.3 is 10.6 Å². The average Bonchev–Trinajstić information content (AvgIpc) is 2.61. The first-order valence-corrected chi connectivity index (χ1v) is 10.4. The molecule has 1 aromatic carbocycles. The first kappa shape index (κ1) is 23.0.